The third kappa shape index (κ3) is 6.07. The summed E-state index contributed by atoms with van der Waals surface area (Å²) in [6.45, 7) is 0.134. The van der Waals surface area contributed by atoms with Crippen LogP contribution < -0.4 is 9.47 Å². The number of aromatic carboxylic acids is 1. The number of aromatic nitrogens is 3. The number of aryl methyl sites for hydroxylation is 2. The highest BCUT2D eigenvalue weighted by atomic mass is 32.2. The lowest BCUT2D eigenvalue weighted by atomic mass is 9.98. The molecule has 4 aromatic carbocycles. The number of aromatic amines is 1. The van der Waals surface area contributed by atoms with E-state index in [2.05, 4.69) is 10.1 Å². The quantitative estimate of drug-likeness (QED) is 0.140. The number of hydrogen-bond acceptors (Lipinski definition) is 7. The van der Waals surface area contributed by atoms with Crippen LogP contribution in [-0.2, 0) is 36.5 Å². The minimum Gasteiger partial charge on any atom is -0.493 e. The van der Waals surface area contributed by atoms with Crippen molar-refractivity contribution in [3.63, 3.8) is 0 Å². The van der Waals surface area contributed by atoms with Crippen LogP contribution >= 0.6 is 0 Å². The molecule has 10 nitrogen and oxygen atoms in total. The molecule has 0 spiro atoms. The maximum absolute atomic E-state index is 12.4. The first-order valence-electron chi connectivity index (χ1n) is 14.7. The van der Waals surface area contributed by atoms with E-state index in [0.717, 1.165) is 28.2 Å². The Kier molecular flexibility index (Phi) is 8.53. The average Bonchev–Trinajstić information content (AvgIpc) is 3.58. The number of fused-ring (bicyclic) bond motifs is 2. The number of aliphatic hydroxyl groups is 1. The fourth-order valence-electron chi connectivity index (χ4n) is 5.82. The molecule has 6 aromatic rings. The Morgan fingerprint density at radius 2 is 1.65 bits per heavy atom. The summed E-state index contributed by atoms with van der Waals surface area (Å²) in [4.78, 5) is 15.7. The number of sulfone groups is 1. The molecule has 2 heterocycles. The Morgan fingerprint density at radius 3 is 2.39 bits per heavy atom. The monoisotopic (exact) mass is 639 g/mol. The van der Waals surface area contributed by atoms with Gasteiger partial charge in [0.05, 0.1) is 29.3 Å². The van der Waals surface area contributed by atoms with Crippen LogP contribution in [0.4, 0.5) is 0 Å². The summed E-state index contributed by atoms with van der Waals surface area (Å²) in [6.07, 6.45) is 2.20. The van der Waals surface area contributed by atoms with Crippen molar-refractivity contribution >= 4 is 37.5 Å². The molecule has 0 fully saturated rings. The number of carbonyl (C=O) groups is 1. The molecule has 0 radical (unpaired) electrons. The van der Waals surface area contributed by atoms with Gasteiger partial charge in [-0.05, 0) is 54.1 Å². The third-order valence-corrected chi connectivity index (χ3v) is 9.15. The van der Waals surface area contributed by atoms with E-state index in [9.17, 15) is 23.4 Å². The number of ether oxygens (including phenoxy) is 2. The molecule has 0 unspecified atom stereocenters. The summed E-state index contributed by atoms with van der Waals surface area (Å²) in [5, 5.41) is 27.9. The Morgan fingerprint density at radius 1 is 0.935 bits per heavy atom. The predicted molar refractivity (Wildman–Crippen MR) is 175 cm³/mol. The molecule has 0 aliphatic heterocycles. The van der Waals surface area contributed by atoms with Crippen molar-refractivity contribution in [3.05, 3.63) is 108 Å². The number of nitrogens with one attached hydrogen (secondary N) is 1. The molecule has 236 valence electrons. The van der Waals surface area contributed by atoms with E-state index in [4.69, 9.17) is 9.47 Å². The van der Waals surface area contributed by atoms with Gasteiger partial charge in [-0.15, -0.1) is 0 Å². The second-order valence-electron chi connectivity index (χ2n) is 11.0. The number of hydrogen-bond donors (Lipinski definition) is 3. The van der Waals surface area contributed by atoms with Crippen LogP contribution in [0.2, 0.25) is 0 Å². The molecule has 0 amide bonds. The van der Waals surface area contributed by atoms with Gasteiger partial charge in [0.15, 0.2) is 9.84 Å². The molecule has 46 heavy (non-hydrogen) atoms. The number of para-hydroxylation sites is 1. The van der Waals surface area contributed by atoms with Gasteiger partial charge in [0.25, 0.3) is 0 Å². The van der Waals surface area contributed by atoms with Gasteiger partial charge in [-0.1, -0.05) is 54.6 Å². The normalized spacial score (nSPS) is 11.7. The summed E-state index contributed by atoms with van der Waals surface area (Å²) >= 11 is 0. The first-order valence-corrected chi connectivity index (χ1v) is 16.6. The lowest BCUT2D eigenvalue weighted by Gasteiger charge is -2.10. The molecule has 0 bridgehead atoms. The lowest BCUT2D eigenvalue weighted by Crippen LogP contribution is -2.04. The van der Waals surface area contributed by atoms with Crippen molar-refractivity contribution in [3.8, 4) is 22.6 Å². The van der Waals surface area contributed by atoms with Crippen LogP contribution in [-0.4, -0.2) is 52.2 Å². The zero-order valence-electron chi connectivity index (χ0n) is 25.4. The maximum atomic E-state index is 12.4. The molecule has 6 rings (SSSR count). The van der Waals surface area contributed by atoms with Crippen LogP contribution in [0.3, 0.4) is 0 Å². The Hall–Kier alpha value is -5.13. The van der Waals surface area contributed by atoms with Crippen LogP contribution in [0.5, 0.6) is 11.5 Å². The second-order valence-corrected chi connectivity index (χ2v) is 13.0. The largest absolute Gasteiger partial charge is 0.493 e. The molecule has 0 aliphatic carbocycles. The van der Waals surface area contributed by atoms with E-state index in [1.54, 1.807) is 23.9 Å². The first-order chi connectivity index (χ1) is 22.2. The van der Waals surface area contributed by atoms with Gasteiger partial charge >= 0.3 is 5.97 Å². The van der Waals surface area contributed by atoms with Gasteiger partial charge in [-0.3, -0.25) is 4.68 Å². The lowest BCUT2D eigenvalue weighted by molar-refractivity contribution is 0.0690. The smallest absolute Gasteiger partial charge is 0.352 e. The van der Waals surface area contributed by atoms with Crippen molar-refractivity contribution in [2.45, 2.75) is 31.0 Å². The van der Waals surface area contributed by atoms with Gasteiger partial charge in [0, 0.05) is 35.2 Å². The number of carboxylic acid groups (broad SMARTS) is 1. The summed E-state index contributed by atoms with van der Waals surface area (Å²) in [5.41, 5.74) is 3.77. The highest BCUT2D eigenvalue weighted by Gasteiger charge is 2.24. The van der Waals surface area contributed by atoms with Crippen LogP contribution in [0.15, 0.2) is 89.8 Å². The molecular weight excluding hydrogens is 606 g/mol. The van der Waals surface area contributed by atoms with E-state index in [-0.39, 0.29) is 23.8 Å². The summed E-state index contributed by atoms with van der Waals surface area (Å²) in [7, 11) is -1.62. The van der Waals surface area contributed by atoms with Crippen LogP contribution in [0, 0.1) is 0 Å². The van der Waals surface area contributed by atoms with E-state index < -0.39 is 15.8 Å². The molecule has 0 atom stereocenters. The van der Waals surface area contributed by atoms with Crippen LogP contribution in [0.25, 0.3) is 32.8 Å². The van der Waals surface area contributed by atoms with Gasteiger partial charge in [-0.2, -0.15) is 5.10 Å². The van der Waals surface area contributed by atoms with E-state index in [1.165, 1.54) is 12.1 Å². The van der Waals surface area contributed by atoms with E-state index >= 15 is 0 Å². The molecule has 2 aromatic heterocycles. The fraction of sp³-hybridized carbons (Fsp3) is 0.200. The highest BCUT2D eigenvalue weighted by Crippen LogP contribution is 2.37. The summed E-state index contributed by atoms with van der Waals surface area (Å²) in [5.74, 6) is 0.169. The standard InChI is InChI=1S/C35H33N3O7S/c1-38-30(20-39)32(29(37-38)21-45-23-15-17-24(18-16-23)46(2,42)43)28-12-6-11-26-27(34(35(40)41)36-33(26)28)13-7-19-44-31-14-5-9-22-8-3-4-10-25(22)31/h3-6,8-12,14-18,36,39H,7,13,19-21H2,1-2H3,(H,40,41). The highest BCUT2D eigenvalue weighted by molar-refractivity contribution is 7.90. The van der Waals surface area contributed by atoms with Crippen molar-refractivity contribution in [1.82, 2.24) is 14.8 Å². The Bertz CT molecular complexity index is 2160. The zero-order valence-corrected chi connectivity index (χ0v) is 26.2. The SMILES string of the molecule is Cn1nc(COc2ccc(S(C)(=O)=O)cc2)c(-c2cccc3c(CCCOc4cccc5ccccc45)c(C(=O)O)[nH]c23)c1CO. The number of benzene rings is 4. The second kappa shape index (κ2) is 12.7. The maximum Gasteiger partial charge on any atom is 0.352 e. The van der Waals surface area contributed by atoms with Gasteiger partial charge in [0.2, 0.25) is 0 Å². The number of rotatable bonds is 12. The van der Waals surface area contributed by atoms with Gasteiger partial charge < -0.3 is 24.7 Å². The first kappa shape index (κ1) is 30.9. The molecular formula is C35H33N3O7S. The van der Waals surface area contributed by atoms with Crippen molar-refractivity contribution in [1.29, 1.82) is 0 Å². The molecule has 11 heteroatoms. The Labute approximate surface area is 265 Å². The van der Waals surface area contributed by atoms with Crippen molar-refractivity contribution in [2.75, 3.05) is 12.9 Å². The molecule has 3 N–H and O–H groups in total. The minimum absolute atomic E-state index is 0.0304. The Balaban J connectivity index is 1.29. The number of nitrogens with zero attached hydrogens (tertiary/aromatic N) is 2. The molecule has 0 saturated carbocycles. The van der Waals surface area contributed by atoms with Crippen molar-refractivity contribution < 1.29 is 32.9 Å². The summed E-state index contributed by atoms with van der Waals surface area (Å²) in [6, 6.07) is 25.6. The van der Waals surface area contributed by atoms with E-state index in [1.807, 2.05) is 60.7 Å². The zero-order chi connectivity index (χ0) is 32.4. The topological polar surface area (TPSA) is 144 Å². The average molecular weight is 640 g/mol. The summed E-state index contributed by atoms with van der Waals surface area (Å²) < 4.78 is 37.3. The van der Waals surface area contributed by atoms with Gasteiger partial charge in [0.1, 0.15) is 29.5 Å². The van der Waals surface area contributed by atoms with Crippen molar-refractivity contribution in [2.24, 2.45) is 7.05 Å². The molecule has 0 aliphatic rings. The minimum atomic E-state index is -3.34. The number of H-pyrrole nitrogens is 1. The van der Waals surface area contributed by atoms with E-state index in [0.29, 0.717) is 58.8 Å². The van der Waals surface area contributed by atoms with Crippen LogP contribution in [0.1, 0.15) is 33.9 Å². The molecule has 0 saturated heterocycles. The van der Waals surface area contributed by atoms with Gasteiger partial charge in [-0.25, -0.2) is 13.2 Å². The number of aliphatic hydroxyl groups excluding tert-OH is 1. The fourth-order valence-corrected chi connectivity index (χ4v) is 6.46. The third-order valence-electron chi connectivity index (χ3n) is 8.02. The number of carboxylic acids is 1. The predicted octanol–water partition coefficient (Wildman–Crippen LogP) is 5.91.